The van der Waals surface area contributed by atoms with Gasteiger partial charge in [-0.05, 0) is 6.42 Å². The van der Waals surface area contributed by atoms with Crippen molar-refractivity contribution in [3.63, 3.8) is 0 Å². The van der Waals surface area contributed by atoms with E-state index in [0.29, 0.717) is 6.04 Å². The van der Waals surface area contributed by atoms with Gasteiger partial charge in [-0.3, -0.25) is 0 Å². The summed E-state index contributed by atoms with van der Waals surface area (Å²) in [5, 5.41) is 3.42. The first kappa shape index (κ1) is 15.3. The van der Waals surface area contributed by atoms with Gasteiger partial charge in [-0.25, -0.2) is 12.1 Å². The van der Waals surface area contributed by atoms with Crippen LogP contribution in [0.25, 0.3) is 0 Å². The van der Waals surface area contributed by atoms with Crippen LogP contribution in [0.15, 0.2) is 54.6 Å². The minimum atomic E-state index is 0. The van der Waals surface area contributed by atoms with Gasteiger partial charge in [-0.2, -0.15) is 12.1 Å². The topological polar surface area (TPSA) is 21.3 Å². The molecule has 3 rings (SSSR count). The Morgan fingerprint density at radius 1 is 1.22 bits per heavy atom. The van der Waals surface area contributed by atoms with Crippen molar-refractivity contribution in [1.29, 1.82) is 0 Å². The Morgan fingerprint density at radius 2 is 1.78 bits per heavy atom. The van der Waals surface area contributed by atoms with Gasteiger partial charge in [0.1, 0.15) is 0 Å². The Bertz CT molecular complexity index is 371. The van der Waals surface area contributed by atoms with E-state index in [1.165, 1.54) is 5.46 Å². The second-order valence-electron chi connectivity index (χ2n) is 4.17. The van der Waals surface area contributed by atoms with E-state index in [2.05, 4.69) is 24.3 Å². The minimum absolute atomic E-state index is 0. The number of hydrogen-bond acceptors (Lipinski definition) is 2. The number of rotatable bonds is 2. The van der Waals surface area contributed by atoms with Gasteiger partial charge in [0, 0.05) is 29.7 Å². The molecule has 2 aromatic carbocycles. The molecule has 1 heterocycles. The molecule has 18 heavy (non-hydrogen) atoms. The van der Waals surface area contributed by atoms with Crippen LogP contribution in [0, 0.1) is 0 Å². The van der Waals surface area contributed by atoms with Gasteiger partial charge in [0.05, 0.1) is 0 Å². The second-order valence-corrected chi connectivity index (χ2v) is 4.17. The average molecular weight is 283 g/mol. The molecule has 0 aromatic heterocycles. The molecule has 2 nitrogen and oxygen atoms in total. The summed E-state index contributed by atoms with van der Waals surface area (Å²) in [6.45, 7) is 3.01. The predicted octanol–water partition coefficient (Wildman–Crippen LogP) is 1.90. The van der Waals surface area contributed by atoms with E-state index in [0.717, 1.165) is 13.0 Å². The molecule has 0 amide bonds. The Hall–Kier alpha value is -0.796. The summed E-state index contributed by atoms with van der Waals surface area (Å²) >= 11 is 0. The summed E-state index contributed by atoms with van der Waals surface area (Å²) in [5.74, 6) is 0. The molecule has 1 saturated heterocycles. The van der Waals surface area contributed by atoms with E-state index in [-0.39, 0.29) is 24.1 Å². The summed E-state index contributed by atoms with van der Waals surface area (Å²) in [6.07, 6.45) is 1.14. The van der Waals surface area contributed by atoms with Gasteiger partial charge in [0.2, 0.25) is 0 Å². The first-order valence-corrected chi connectivity index (χ1v) is 6.16. The zero-order valence-electron chi connectivity index (χ0n) is 10.5. The summed E-state index contributed by atoms with van der Waals surface area (Å²) in [4.78, 5) is 0. The Balaban J connectivity index is 0.000000230. The van der Waals surface area contributed by atoms with E-state index in [4.69, 9.17) is 4.65 Å². The fourth-order valence-corrected chi connectivity index (χ4v) is 1.84. The van der Waals surface area contributed by atoms with Crippen molar-refractivity contribution in [2.24, 2.45) is 0 Å². The van der Waals surface area contributed by atoms with Crippen LogP contribution in [-0.2, 0) is 21.7 Å². The molecule has 1 atom stereocenters. The molecular weight excluding hydrogens is 265 g/mol. The third-order valence-corrected chi connectivity index (χ3v) is 2.89. The minimum Gasteiger partial charge on any atom is -0.748 e. The van der Waals surface area contributed by atoms with Gasteiger partial charge in [0.15, 0.2) is 0 Å². The molecule has 0 saturated carbocycles. The first-order valence-electron chi connectivity index (χ1n) is 6.16. The fraction of sp³-hybridized carbons (Fsp3) is 0.286. The molecule has 1 aliphatic heterocycles. The maximum atomic E-state index is 5.59. The van der Waals surface area contributed by atoms with E-state index in [1.807, 2.05) is 42.5 Å². The predicted molar refractivity (Wildman–Crippen MR) is 72.6 cm³/mol. The van der Waals surface area contributed by atoms with Gasteiger partial charge in [-0.1, -0.05) is 6.92 Å². The average Bonchev–Trinajstić information content (AvgIpc) is 3.12. The monoisotopic (exact) mass is 283 g/mol. The molecule has 2 aromatic rings. The zero-order chi connectivity index (χ0) is 11.9. The number of nitrogens with one attached hydrogen (secondary N) is 1. The van der Waals surface area contributed by atoms with Crippen molar-refractivity contribution in [2.45, 2.75) is 19.4 Å². The largest absolute Gasteiger partial charge is 0.748 e. The van der Waals surface area contributed by atoms with E-state index >= 15 is 0 Å². The molecule has 1 N–H and O–H groups in total. The van der Waals surface area contributed by atoms with Crippen LogP contribution < -0.4 is 10.7 Å². The van der Waals surface area contributed by atoms with Crippen molar-refractivity contribution >= 4 is 12.5 Å². The normalized spacial score (nSPS) is 17.8. The molecule has 0 aliphatic carbocycles. The Kier molecular flexibility index (Phi) is 7.06. The maximum Gasteiger partial charge on any atom is 0.341 e. The van der Waals surface area contributed by atoms with Crippen molar-refractivity contribution < 1.29 is 21.7 Å². The van der Waals surface area contributed by atoms with Gasteiger partial charge in [0.25, 0.3) is 0 Å². The molecule has 4 heteroatoms. The van der Waals surface area contributed by atoms with E-state index in [9.17, 15) is 0 Å². The van der Waals surface area contributed by atoms with Crippen molar-refractivity contribution in [2.75, 3.05) is 6.61 Å². The van der Waals surface area contributed by atoms with Gasteiger partial charge >= 0.3 is 7.05 Å². The molecular formula is C14H18BFeNO-6. The van der Waals surface area contributed by atoms with Crippen LogP contribution >= 0.6 is 0 Å². The molecule has 102 valence electrons. The third kappa shape index (κ3) is 4.47. The first-order chi connectivity index (χ1) is 8.40. The zero-order valence-corrected chi connectivity index (χ0v) is 11.6. The van der Waals surface area contributed by atoms with Crippen LogP contribution in [0.3, 0.4) is 0 Å². The summed E-state index contributed by atoms with van der Waals surface area (Å²) < 4.78 is 5.59. The van der Waals surface area contributed by atoms with Gasteiger partial charge in [-0.15, -0.1) is 5.46 Å². The molecule has 0 bridgehead atoms. The van der Waals surface area contributed by atoms with E-state index in [1.54, 1.807) is 0 Å². The molecule has 0 spiro atoms. The molecule has 1 unspecified atom stereocenters. The Labute approximate surface area is 120 Å². The standard InChI is InChI=1S/C9H13BNO.C5H5.Fe/c1-2-9-7-12-10(11-9)8-5-3-4-6-8;1-2-4-5-3-1;/h3-6,9,11H,2,7H2,1H3;1-5H;/q-1;-5;. The quantitative estimate of drug-likeness (QED) is 0.671. The van der Waals surface area contributed by atoms with Crippen LogP contribution in [0.1, 0.15) is 13.3 Å². The SMILES string of the molecule is CCC1COB([c-]2cccc2)N1.[Fe].[cH-]1[cH-][cH-][cH-][cH-]1. The maximum absolute atomic E-state index is 5.59. The van der Waals surface area contributed by atoms with Crippen molar-refractivity contribution in [3.8, 4) is 0 Å². The van der Waals surface area contributed by atoms with Gasteiger partial charge < -0.3 is 40.2 Å². The van der Waals surface area contributed by atoms with Crippen molar-refractivity contribution in [1.82, 2.24) is 5.23 Å². The smallest absolute Gasteiger partial charge is 0.341 e. The van der Waals surface area contributed by atoms with Crippen LogP contribution in [0.2, 0.25) is 0 Å². The summed E-state index contributed by atoms with van der Waals surface area (Å²) in [5.41, 5.74) is 1.24. The second kappa shape index (κ2) is 8.33. The van der Waals surface area contributed by atoms with Crippen LogP contribution in [0.5, 0.6) is 0 Å². The van der Waals surface area contributed by atoms with E-state index < -0.39 is 0 Å². The third-order valence-electron chi connectivity index (χ3n) is 2.89. The van der Waals surface area contributed by atoms with Crippen LogP contribution in [-0.4, -0.2) is 19.7 Å². The summed E-state index contributed by atoms with van der Waals surface area (Å²) in [7, 11) is 0.130. The molecule has 1 aliphatic rings. The fourth-order valence-electron chi connectivity index (χ4n) is 1.84. The number of hydrogen-bond donors (Lipinski definition) is 1. The van der Waals surface area contributed by atoms with Crippen LogP contribution in [0.4, 0.5) is 0 Å². The molecule has 0 radical (unpaired) electrons. The Morgan fingerprint density at radius 3 is 2.22 bits per heavy atom. The summed E-state index contributed by atoms with van der Waals surface area (Å²) in [6, 6.07) is 18.8. The molecule has 1 fully saturated rings. The van der Waals surface area contributed by atoms with Crippen molar-refractivity contribution in [3.05, 3.63) is 54.6 Å².